The van der Waals surface area contributed by atoms with Crippen LogP contribution < -0.4 is 5.32 Å². The third-order valence-corrected chi connectivity index (χ3v) is 7.37. The van der Waals surface area contributed by atoms with Crippen LogP contribution in [0.5, 0.6) is 0 Å². The summed E-state index contributed by atoms with van der Waals surface area (Å²) in [7, 11) is -3.67. The maximum atomic E-state index is 13.5. The van der Waals surface area contributed by atoms with Crippen molar-refractivity contribution in [2.45, 2.75) is 26.1 Å². The highest BCUT2D eigenvalue weighted by Gasteiger charge is 2.30. The van der Waals surface area contributed by atoms with Crippen LogP contribution >= 0.6 is 0 Å². The van der Waals surface area contributed by atoms with E-state index in [2.05, 4.69) is 10.2 Å². The third kappa shape index (κ3) is 8.70. The number of benzene rings is 2. The average molecular weight is 517 g/mol. The smallest absolute Gasteiger partial charge is 0.242 e. The summed E-state index contributed by atoms with van der Waals surface area (Å²) in [5.74, 6) is -0.711. The molecule has 10 heteroatoms. The van der Waals surface area contributed by atoms with Crippen LogP contribution in [0.4, 0.5) is 0 Å². The maximum Gasteiger partial charge on any atom is 0.242 e. The van der Waals surface area contributed by atoms with Gasteiger partial charge >= 0.3 is 0 Å². The maximum absolute atomic E-state index is 13.5. The van der Waals surface area contributed by atoms with E-state index in [9.17, 15) is 18.0 Å². The van der Waals surface area contributed by atoms with Crippen molar-refractivity contribution in [3.8, 4) is 0 Å². The van der Waals surface area contributed by atoms with E-state index in [0.717, 1.165) is 34.8 Å². The Kier molecular flexibility index (Phi) is 10.4. The van der Waals surface area contributed by atoms with E-state index >= 15 is 0 Å². The highest BCUT2D eigenvalue weighted by Crippen LogP contribution is 2.13. The zero-order valence-electron chi connectivity index (χ0n) is 21.0. The van der Waals surface area contributed by atoms with Gasteiger partial charge in [-0.2, -0.15) is 4.31 Å². The second-order valence-corrected chi connectivity index (χ2v) is 10.9. The molecule has 1 aliphatic rings. The van der Waals surface area contributed by atoms with Crippen molar-refractivity contribution in [1.29, 1.82) is 0 Å². The number of carbonyl (C=O) groups excluding carboxylic acids is 2. The summed E-state index contributed by atoms with van der Waals surface area (Å²) in [6, 6.07) is 17.7. The van der Waals surface area contributed by atoms with E-state index in [1.54, 1.807) is 6.92 Å². The first-order chi connectivity index (χ1) is 17.2. The van der Waals surface area contributed by atoms with Gasteiger partial charge in [0.05, 0.1) is 26.0 Å². The molecule has 2 aromatic rings. The largest absolute Gasteiger partial charge is 0.379 e. The molecule has 0 spiro atoms. The number of sulfonamides is 1. The third-order valence-electron chi connectivity index (χ3n) is 6.18. The average Bonchev–Trinajstić information content (AvgIpc) is 2.87. The minimum absolute atomic E-state index is 0.0741. The Hall–Kier alpha value is -2.79. The fraction of sp³-hybridized carbons (Fsp3) is 0.462. The zero-order chi connectivity index (χ0) is 26.0. The summed E-state index contributed by atoms with van der Waals surface area (Å²) in [6.07, 6.45) is 1.09. The molecule has 1 heterocycles. The van der Waals surface area contributed by atoms with Crippen LogP contribution in [0.3, 0.4) is 0 Å². The van der Waals surface area contributed by atoms with Crippen LogP contribution in [-0.4, -0.2) is 92.6 Å². The first kappa shape index (κ1) is 27.8. The number of morpholine rings is 1. The standard InChI is InChI=1S/C26H36N4O5S/c1-22(26(32)27-13-14-28-15-17-35-18-16-28)30(20-24-11-7-4-8-12-24)25(31)21-29(36(2,33)34)19-23-9-5-3-6-10-23/h3-12,22H,13-21H2,1-2H3,(H,27,32)/t22-/m0/s1. The minimum Gasteiger partial charge on any atom is -0.379 e. The number of hydrogen-bond acceptors (Lipinski definition) is 6. The van der Waals surface area contributed by atoms with E-state index in [0.29, 0.717) is 26.3 Å². The summed E-state index contributed by atoms with van der Waals surface area (Å²) in [5, 5.41) is 2.93. The van der Waals surface area contributed by atoms with E-state index in [1.165, 1.54) is 4.90 Å². The van der Waals surface area contributed by atoms with Gasteiger partial charge in [0, 0.05) is 39.3 Å². The molecular formula is C26H36N4O5S. The van der Waals surface area contributed by atoms with Gasteiger partial charge in [-0.3, -0.25) is 14.5 Å². The Bertz CT molecular complexity index is 1080. The molecular weight excluding hydrogens is 480 g/mol. The van der Waals surface area contributed by atoms with Crippen LogP contribution in [-0.2, 0) is 37.4 Å². The fourth-order valence-corrected chi connectivity index (χ4v) is 4.72. The first-order valence-electron chi connectivity index (χ1n) is 12.1. The van der Waals surface area contributed by atoms with Crippen molar-refractivity contribution in [3.63, 3.8) is 0 Å². The summed E-state index contributed by atoms with van der Waals surface area (Å²) >= 11 is 0. The Morgan fingerprint density at radius 1 is 0.972 bits per heavy atom. The van der Waals surface area contributed by atoms with Gasteiger partial charge in [-0.25, -0.2) is 8.42 Å². The zero-order valence-corrected chi connectivity index (χ0v) is 21.8. The molecule has 3 rings (SSSR count). The Morgan fingerprint density at radius 2 is 1.53 bits per heavy atom. The monoisotopic (exact) mass is 516 g/mol. The number of carbonyl (C=O) groups is 2. The summed E-state index contributed by atoms with van der Waals surface area (Å²) in [5.41, 5.74) is 1.63. The van der Waals surface area contributed by atoms with Crippen molar-refractivity contribution in [2.75, 3.05) is 52.2 Å². The van der Waals surface area contributed by atoms with Gasteiger partial charge in [0.1, 0.15) is 6.04 Å². The lowest BCUT2D eigenvalue weighted by Crippen LogP contribution is -2.52. The molecule has 196 valence electrons. The molecule has 0 bridgehead atoms. The normalized spacial score (nSPS) is 15.4. The van der Waals surface area contributed by atoms with E-state index in [4.69, 9.17) is 4.74 Å². The molecule has 1 fully saturated rings. The van der Waals surface area contributed by atoms with Crippen LogP contribution in [0, 0.1) is 0 Å². The van der Waals surface area contributed by atoms with Crippen molar-refractivity contribution in [2.24, 2.45) is 0 Å². The molecule has 0 aliphatic carbocycles. The van der Waals surface area contributed by atoms with Crippen LogP contribution in [0.1, 0.15) is 18.1 Å². The molecule has 0 aromatic heterocycles. The summed E-state index contributed by atoms with van der Waals surface area (Å²) in [6.45, 7) is 5.77. The van der Waals surface area contributed by atoms with Gasteiger partial charge in [0.25, 0.3) is 0 Å². The highest BCUT2D eigenvalue weighted by atomic mass is 32.2. The van der Waals surface area contributed by atoms with E-state index in [-0.39, 0.29) is 25.5 Å². The molecule has 2 amide bonds. The number of nitrogens with one attached hydrogen (secondary N) is 1. The topological polar surface area (TPSA) is 99.3 Å². The van der Waals surface area contributed by atoms with Crippen molar-refractivity contribution in [1.82, 2.24) is 19.4 Å². The SMILES string of the molecule is C[C@@H](C(=O)NCCN1CCOCC1)N(Cc1ccccc1)C(=O)CN(Cc1ccccc1)S(C)(=O)=O. The molecule has 0 saturated carbocycles. The molecule has 9 nitrogen and oxygen atoms in total. The Morgan fingerprint density at radius 3 is 2.08 bits per heavy atom. The van der Waals surface area contributed by atoms with Crippen LogP contribution in [0.25, 0.3) is 0 Å². The number of nitrogens with zero attached hydrogens (tertiary/aromatic N) is 3. The predicted molar refractivity (Wildman–Crippen MR) is 138 cm³/mol. The van der Waals surface area contributed by atoms with Gasteiger partial charge in [-0.1, -0.05) is 60.7 Å². The van der Waals surface area contributed by atoms with Gasteiger partial charge in [0.15, 0.2) is 0 Å². The number of rotatable bonds is 12. The highest BCUT2D eigenvalue weighted by molar-refractivity contribution is 7.88. The predicted octanol–water partition coefficient (Wildman–Crippen LogP) is 1.31. The van der Waals surface area contributed by atoms with E-state index in [1.807, 2.05) is 60.7 Å². The quantitative estimate of drug-likeness (QED) is 0.457. The molecule has 1 aliphatic heterocycles. The summed E-state index contributed by atoms with van der Waals surface area (Å²) in [4.78, 5) is 30.2. The first-order valence-corrected chi connectivity index (χ1v) is 14.0. The molecule has 0 radical (unpaired) electrons. The van der Waals surface area contributed by atoms with Crippen LogP contribution in [0.15, 0.2) is 60.7 Å². The van der Waals surface area contributed by atoms with Crippen molar-refractivity contribution in [3.05, 3.63) is 71.8 Å². The molecule has 1 saturated heterocycles. The lowest BCUT2D eigenvalue weighted by Gasteiger charge is -2.31. The van der Waals surface area contributed by atoms with E-state index < -0.39 is 22.0 Å². The second kappa shape index (κ2) is 13.5. The van der Waals surface area contributed by atoms with Gasteiger partial charge in [-0.05, 0) is 18.1 Å². The number of hydrogen-bond donors (Lipinski definition) is 1. The molecule has 2 aromatic carbocycles. The van der Waals surface area contributed by atoms with Gasteiger partial charge < -0.3 is 15.0 Å². The minimum atomic E-state index is -3.67. The van der Waals surface area contributed by atoms with Crippen LogP contribution in [0.2, 0.25) is 0 Å². The lowest BCUT2D eigenvalue weighted by molar-refractivity contribution is -0.140. The number of ether oxygens (including phenoxy) is 1. The molecule has 1 N–H and O–H groups in total. The second-order valence-electron chi connectivity index (χ2n) is 8.94. The molecule has 36 heavy (non-hydrogen) atoms. The lowest BCUT2D eigenvalue weighted by atomic mass is 10.1. The van der Waals surface area contributed by atoms with Crippen molar-refractivity contribution < 1.29 is 22.7 Å². The molecule has 1 atom stereocenters. The Labute approximate surface area is 214 Å². The van der Waals surface area contributed by atoms with Crippen molar-refractivity contribution >= 4 is 21.8 Å². The van der Waals surface area contributed by atoms with Gasteiger partial charge in [-0.15, -0.1) is 0 Å². The fourth-order valence-electron chi connectivity index (χ4n) is 3.99. The Balaban J connectivity index is 1.70. The number of amides is 2. The summed E-state index contributed by atoms with van der Waals surface area (Å²) < 4.78 is 31.5. The molecule has 0 unspecified atom stereocenters. The van der Waals surface area contributed by atoms with Gasteiger partial charge in [0.2, 0.25) is 21.8 Å².